The zero-order valence-corrected chi connectivity index (χ0v) is 10.9. The number of halogens is 2. The summed E-state index contributed by atoms with van der Waals surface area (Å²) in [6.07, 6.45) is 7.68. The predicted octanol–water partition coefficient (Wildman–Crippen LogP) is 3.25. The van der Waals surface area contributed by atoms with Gasteiger partial charge in [-0.1, -0.05) is 6.42 Å². The lowest BCUT2D eigenvalue weighted by Crippen LogP contribution is -2.34. The molecule has 0 saturated heterocycles. The van der Waals surface area contributed by atoms with Crippen LogP contribution in [-0.2, 0) is 6.54 Å². The van der Waals surface area contributed by atoms with Crippen LogP contribution in [0.25, 0.3) is 0 Å². The molecule has 0 unspecified atom stereocenters. The molecule has 76 valence electrons. The number of rotatable bonds is 3. The second-order valence-corrected chi connectivity index (χ2v) is 5.30. The van der Waals surface area contributed by atoms with E-state index in [1.165, 1.54) is 24.8 Å². The fraction of sp³-hybridized carbons (Fsp3) is 0.500. The third-order valence-corrected chi connectivity index (χ3v) is 3.99. The lowest BCUT2D eigenvalue weighted by atomic mass is 9.93. The van der Waals surface area contributed by atoms with Crippen LogP contribution < -0.4 is 5.32 Å². The van der Waals surface area contributed by atoms with Gasteiger partial charge in [-0.25, -0.2) is 0 Å². The second kappa shape index (κ2) is 4.73. The Labute approximate surface area is 101 Å². The first-order valence-corrected chi connectivity index (χ1v) is 6.37. The molecule has 0 spiro atoms. The summed E-state index contributed by atoms with van der Waals surface area (Å²) in [5.74, 6) is 0. The van der Waals surface area contributed by atoms with Crippen molar-refractivity contribution in [2.75, 3.05) is 0 Å². The molecule has 14 heavy (non-hydrogen) atoms. The monoisotopic (exact) mass is 318 g/mol. The van der Waals surface area contributed by atoms with Crippen molar-refractivity contribution in [3.05, 3.63) is 26.9 Å². The van der Waals surface area contributed by atoms with Gasteiger partial charge in [0, 0.05) is 33.9 Å². The van der Waals surface area contributed by atoms with Crippen molar-refractivity contribution in [3.8, 4) is 0 Å². The third kappa shape index (κ3) is 2.35. The summed E-state index contributed by atoms with van der Waals surface area (Å²) >= 11 is 7.01. The van der Waals surface area contributed by atoms with E-state index in [9.17, 15) is 0 Å². The number of aromatic nitrogens is 1. The van der Waals surface area contributed by atoms with Gasteiger partial charge in [-0.3, -0.25) is 4.98 Å². The predicted molar refractivity (Wildman–Crippen MR) is 64.1 cm³/mol. The Balaban J connectivity index is 2.00. The molecule has 0 amide bonds. The molecule has 0 bridgehead atoms. The van der Waals surface area contributed by atoms with Crippen molar-refractivity contribution in [2.24, 2.45) is 0 Å². The van der Waals surface area contributed by atoms with Crippen molar-refractivity contribution >= 4 is 31.9 Å². The quantitative estimate of drug-likeness (QED) is 0.925. The highest BCUT2D eigenvalue weighted by Gasteiger charge is 2.17. The van der Waals surface area contributed by atoms with E-state index in [-0.39, 0.29) is 0 Å². The van der Waals surface area contributed by atoms with E-state index in [0.717, 1.165) is 21.5 Å². The number of nitrogens with zero attached hydrogens (tertiary/aromatic N) is 1. The second-order valence-electron chi connectivity index (χ2n) is 3.59. The maximum Gasteiger partial charge on any atom is 0.0415 e. The summed E-state index contributed by atoms with van der Waals surface area (Å²) in [6.45, 7) is 0.911. The molecule has 0 aromatic carbocycles. The Kier molecular flexibility index (Phi) is 3.57. The molecule has 1 saturated carbocycles. The van der Waals surface area contributed by atoms with Crippen LogP contribution in [0, 0.1) is 0 Å². The van der Waals surface area contributed by atoms with Crippen LogP contribution in [-0.4, -0.2) is 11.0 Å². The lowest BCUT2D eigenvalue weighted by Gasteiger charge is -2.26. The molecule has 1 heterocycles. The Morgan fingerprint density at radius 3 is 2.43 bits per heavy atom. The number of pyridine rings is 1. The molecule has 2 nitrogen and oxygen atoms in total. The van der Waals surface area contributed by atoms with Crippen molar-refractivity contribution < 1.29 is 0 Å². The van der Waals surface area contributed by atoms with Crippen molar-refractivity contribution in [2.45, 2.75) is 31.8 Å². The smallest absolute Gasteiger partial charge is 0.0415 e. The first kappa shape index (κ1) is 10.6. The van der Waals surface area contributed by atoms with Gasteiger partial charge in [0.05, 0.1) is 0 Å². The van der Waals surface area contributed by atoms with Crippen LogP contribution in [0.15, 0.2) is 21.3 Å². The highest BCUT2D eigenvalue weighted by Crippen LogP contribution is 2.25. The van der Waals surface area contributed by atoms with Gasteiger partial charge >= 0.3 is 0 Å². The van der Waals surface area contributed by atoms with E-state index < -0.39 is 0 Å². The maximum atomic E-state index is 4.08. The average molecular weight is 320 g/mol. The SMILES string of the molecule is Brc1cncc(Br)c1CNC1CCC1. The van der Waals surface area contributed by atoms with Crippen LogP contribution in [0.3, 0.4) is 0 Å². The molecular formula is C10H12Br2N2. The summed E-state index contributed by atoms with van der Waals surface area (Å²) < 4.78 is 2.14. The third-order valence-electron chi connectivity index (χ3n) is 2.63. The van der Waals surface area contributed by atoms with Gasteiger partial charge in [0.2, 0.25) is 0 Å². The molecule has 2 rings (SSSR count). The molecule has 0 aliphatic heterocycles. The van der Waals surface area contributed by atoms with E-state index in [2.05, 4.69) is 42.2 Å². The number of hydrogen-bond donors (Lipinski definition) is 1. The van der Waals surface area contributed by atoms with Gasteiger partial charge in [-0.05, 0) is 50.3 Å². The summed E-state index contributed by atoms with van der Waals surface area (Å²) in [5.41, 5.74) is 1.26. The van der Waals surface area contributed by atoms with Gasteiger partial charge in [-0.15, -0.1) is 0 Å². The fourth-order valence-corrected chi connectivity index (χ4v) is 2.68. The molecule has 1 fully saturated rings. The van der Waals surface area contributed by atoms with E-state index >= 15 is 0 Å². The van der Waals surface area contributed by atoms with Crippen molar-refractivity contribution in [3.63, 3.8) is 0 Å². The molecule has 1 aliphatic rings. The van der Waals surface area contributed by atoms with Gasteiger partial charge in [0.15, 0.2) is 0 Å². The topological polar surface area (TPSA) is 24.9 Å². The summed E-state index contributed by atoms with van der Waals surface area (Å²) in [7, 11) is 0. The minimum absolute atomic E-state index is 0.724. The zero-order chi connectivity index (χ0) is 9.97. The molecule has 0 atom stereocenters. The Bertz CT molecular complexity index is 304. The fourth-order valence-electron chi connectivity index (χ4n) is 1.47. The van der Waals surface area contributed by atoms with Gasteiger partial charge in [0.25, 0.3) is 0 Å². The summed E-state index contributed by atoms with van der Waals surface area (Å²) in [4.78, 5) is 4.08. The first-order valence-electron chi connectivity index (χ1n) is 4.78. The minimum atomic E-state index is 0.724. The molecule has 1 aromatic rings. The lowest BCUT2D eigenvalue weighted by molar-refractivity contribution is 0.338. The number of nitrogens with one attached hydrogen (secondary N) is 1. The molecular weight excluding hydrogens is 308 g/mol. The van der Waals surface area contributed by atoms with Crippen LogP contribution in [0.1, 0.15) is 24.8 Å². The summed E-state index contributed by atoms with van der Waals surface area (Å²) in [5, 5.41) is 3.53. The highest BCUT2D eigenvalue weighted by atomic mass is 79.9. The minimum Gasteiger partial charge on any atom is -0.310 e. The van der Waals surface area contributed by atoms with Crippen LogP contribution in [0.4, 0.5) is 0 Å². The van der Waals surface area contributed by atoms with Gasteiger partial charge in [0.1, 0.15) is 0 Å². The molecule has 1 N–H and O–H groups in total. The van der Waals surface area contributed by atoms with Crippen molar-refractivity contribution in [1.82, 2.24) is 10.3 Å². The molecule has 0 radical (unpaired) electrons. The van der Waals surface area contributed by atoms with E-state index in [4.69, 9.17) is 0 Å². The molecule has 1 aromatic heterocycles. The number of hydrogen-bond acceptors (Lipinski definition) is 2. The van der Waals surface area contributed by atoms with E-state index in [1.807, 2.05) is 12.4 Å². The summed E-state index contributed by atoms with van der Waals surface area (Å²) in [6, 6.07) is 0.724. The molecule has 4 heteroatoms. The zero-order valence-electron chi connectivity index (χ0n) is 7.76. The maximum absolute atomic E-state index is 4.08. The Morgan fingerprint density at radius 2 is 1.93 bits per heavy atom. The standard InChI is InChI=1S/C10H12Br2N2/c11-9-5-13-6-10(12)8(9)4-14-7-2-1-3-7/h5-7,14H,1-4H2. The van der Waals surface area contributed by atoms with E-state index in [1.54, 1.807) is 0 Å². The first-order chi connectivity index (χ1) is 6.77. The van der Waals surface area contributed by atoms with Gasteiger partial charge in [-0.2, -0.15) is 0 Å². The normalized spacial score (nSPS) is 16.7. The van der Waals surface area contributed by atoms with Gasteiger partial charge < -0.3 is 5.32 Å². The Morgan fingerprint density at radius 1 is 1.29 bits per heavy atom. The van der Waals surface area contributed by atoms with Crippen LogP contribution >= 0.6 is 31.9 Å². The highest BCUT2D eigenvalue weighted by molar-refractivity contribution is 9.11. The van der Waals surface area contributed by atoms with Crippen LogP contribution in [0.2, 0.25) is 0 Å². The van der Waals surface area contributed by atoms with E-state index in [0.29, 0.717) is 0 Å². The molecule has 1 aliphatic carbocycles. The average Bonchev–Trinajstić information content (AvgIpc) is 2.07. The van der Waals surface area contributed by atoms with Crippen molar-refractivity contribution in [1.29, 1.82) is 0 Å². The largest absolute Gasteiger partial charge is 0.310 e. The van der Waals surface area contributed by atoms with Crippen LogP contribution in [0.5, 0.6) is 0 Å². The Hall–Kier alpha value is 0.0700.